The van der Waals surface area contributed by atoms with E-state index in [1.807, 2.05) is 0 Å². The van der Waals surface area contributed by atoms with Gasteiger partial charge in [-0.1, -0.05) is 19.3 Å². The molecule has 0 aromatic carbocycles. The summed E-state index contributed by atoms with van der Waals surface area (Å²) in [5.41, 5.74) is -0.684. The number of hydrogen-bond acceptors (Lipinski definition) is 2. The average molecular weight is 323 g/mol. The molecule has 0 bridgehead atoms. The Morgan fingerprint density at radius 1 is 1.22 bits per heavy atom. The quantitative estimate of drug-likeness (QED) is 0.860. The third-order valence-electron chi connectivity index (χ3n) is 3.14. The summed E-state index contributed by atoms with van der Waals surface area (Å²) in [5, 5.41) is 3.10. The lowest BCUT2D eigenvalue weighted by molar-refractivity contribution is -0.138. The van der Waals surface area contributed by atoms with Crippen LogP contribution in [0.1, 0.15) is 37.7 Å². The van der Waals surface area contributed by atoms with Crippen LogP contribution in [0.5, 0.6) is 0 Å². The third-order valence-corrected chi connectivity index (χ3v) is 3.94. The van der Waals surface area contributed by atoms with Gasteiger partial charge in [0.2, 0.25) is 0 Å². The van der Waals surface area contributed by atoms with Crippen LogP contribution in [0.15, 0.2) is 16.7 Å². The van der Waals surface area contributed by atoms with Crippen molar-refractivity contribution in [1.29, 1.82) is 0 Å². The molecule has 0 spiro atoms. The van der Waals surface area contributed by atoms with Gasteiger partial charge in [-0.15, -0.1) is 0 Å². The first-order valence-electron chi connectivity index (χ1n) is 5.96. The van der Waals surface area contributed by atoms with E-state index in [1.54, 1.807) is 0 Å². The van der Waals surface area contributed by atoms with Crippen LogP contribution < -0.4 is 5.32 Å². The van der Waals surface area contributed by atoms with Gasteiger partial charge in [0.15, 0.2) is 0 Å². The van der Waals surface area contributed by atoms with Crippen molar-refractivity contribution in [3.05, 3.63) is 22.3 Å². The number of aromatic nitrogens is 1. The number of nitrogens with one attached hydrogen (secondary N) is 1. The summed E-state index contributed by atoms with van der Waals surface area (Å²) in [4.78, 5) is 3.99. The second kappa shape index (κ2) is 5.47. The van der Waals surface area contributed by atoms with Crippen molar-refractivity contribution >= 4 is 21.7 Å². The molecule has 0 radical (unpaired) electrons. The molecule has 2 rings (SSSR count). The summed E-state index contributed by atoms with van der Waals surface area (Å²) in [7, 11) is 0. The lowest BCUT2D eigenvalue weighted by Gasteiger charge is -2.24. The Hall–Kier alpha value is -0.780. The largest absolute Gasteiger partial charge is 0.417 e. The summed E-state index contributed by atoms with van der Waals surface area (Å²) >= 11 is 3.00. The van der Waals surface area contributed by atoms with E-state index < -0.39 is 11.7 Å². The first-order chi connectivity index (χ1) is 8.48. The normalized spacial score (nSPS) is 17.8. The number of halogens is 4. The molecule has 1 aromatic heterocycles. The minimum Gasteiger partial charge on any atom is -0.366 e. The second-order valence-corrected chi connectivity index (χ2v) is 5.29. The molecule has 1 fully saturated rings. The smallest absolute Gasteiger partial charge is 0.366 e. The number of alkyl halides is 3. The van der Waals surface area contributed by atoms with Gasteiger partial charge in [-0.3, -0.25) is 0 Å². The molecular formula is C12H14BrF3N2. The molecule has 1 N–H and O–H groups in total. The van der Waals surface area contributed by atoms with Gasteiger partial charge < -0.3 is 5.32 Å². The maximum Gasteiger partial charge on any atom is 0.417 e. The van der Waals surface area contributed by atoms with Crippen LogP contribution in [0.4, 0.5) is 19.0 Å². The fourth-order valence-electron chi connectivity index (χ4n) is 2.20. The van der Waals surface area contributed by atoms with E-state index in [1.165, 1.54) is 12.6 Å². The second-order valence-electron chi connectivity index (χ2n) is 4.50. The Bertz CT molecular complexity index is 414. The Balaban J connectivity index is 2.18. The van der Waals surface area contributed by atoms with E-state index >= 15 is 0 Å². The summed E-state index contributed by atoms with van der Waals surface area (Å²) < 4.78 is 38.2. The van der Waals surface area contributed by atoms with E-state index in [0.717, 1.165) is 31.7 Å². The molecule has 1 heterocycles. The van der Waals surface area contributed by atoms with Gasteiger partial charge in [0.05, 0.1) is 10.0 Å². The van der Waals surface area contributed by atoms with Gasteiger partial charge in [-0.05, 0) is 34.8 Å². The summed E-state index contributed by atoms with van der Waals surface area (Å²) in [6.45, 7) is 0. The average Bonchev–Trinajstić information content (AvgIpc) is 2.32. The zero-order valence-corrected chi connectivity index (χ0v) is 11.3. The van der Waals surface area contributed by atoms with Gasteiger partial charge in [-0.25, -0.2) is 4.98 Å². The van der Waals surface area contributed by atoms with Gasteiger partial charge in [0, 0.05) is 12.2 Å². The number of hydrogen-bond donors (Lipinski definition) is 1. The summed E-state index contributed by atoms with van der Waals surface area (Å²) in [6, 6.07) is 1.21. The van der Waals surface area contributed by atoms with Gasteiger partial charge >= 0.3 is 6.18 Å². The number of nitrogens with zero attached hydrogens (tertiary/aromatic N) is 1. The van der Waals surface area contributed by atoms with Crippen LogP contribution in [0.25, 0.3) is 0 Å². The van der Waals surface area contributed by atoms with Crippen molar-refractivity contribution in [1.82, 2.24) is 4.98 Å². The SMILES string of the molecule is FC(F)(F)c1ccnc(NC2CCCCC2)c1Br. The highest BCUT2D eigenvalue weighted by atomic mass is 79.9. The van der Waals surface area contributed by atoms with Crippen LogP contribution in [0.3, 0.4) is 0 Å². The Labute approximate surface area is 112 Å². The van der Waals surface area contributed by atoms with Crippen molar-refractivity contribution < 1.29 is 13.2 Å². The number of pyridine rings is 1. The molecule has 100 valence electrons. The fraction of sp³-hybridized carbons (Fsp3) is 0.583. The molecule has 0 atom stereocenters. The molecule has 0 saturated heterocycles. The lowest BCUT2D eigenvalue weighted by Crippen LogP contribution is -2.23. The van der Waals surface area contributed by atoms with E-state index in [2.05, 4.69) is 26.2 Å². The summed E-state index contributed by atoms with van der Waals surface area (Å²) in [6.07, 6.45) is 2.26. The van der Waals surface area contributed by atoms with Gasteiger partial charge in [0.25, 0.3) is 0 Å². The molecule has 0 amide bonds. The van der Waals surface area contributed by atoms with Crippen LogP contribution in [0.2, 0.25) is 0 Å². The van der Waals surface area contributed by atoms with Gasteiger partial charge in [0.1, 0.15) is 5.82 Å². The lowest BCUT2D eigenvalue weighted by atomic mass is 9.95. The first-order valence-corrected chi connectivity index (χ1v) is 6.76. The molecule has 1 saturated carbocycles. The van der Waals surface area contributed by atoms with Crippen molar-refractivity contribution in [2.24, 2.45) is 0 Å². The monoisotopic (exact) mass is 322 g/mol. The third kappa shape index (κ3) is 3.16. The highest BCUT2D eigenvalue weighted by molar-refractivity contribution is 9.10. The molecular weight excluding hydrogens is 309 g/mol. The van der Waals surface area contributed by atoms with Gasteiger partial charge in [-0.2, -0.15) is 13.2 Å². The molecule has 2 nitrogen and oxygen atoms in total. The van der Waals surface area contributed by atoms with Crippen LogP contribution in [-0.2, 0) is 6.18 Å². The van der Waals surface area contributed by atoms with Crippen LogP contribution >= 0.6 is 15.9 Å². The zero-order chi connectivity index (χ0) is 13.2. The maximum atomic E-state index is 12.7. The Morgan fingerprint density at radius 3 is 2.50 bits per heavy atom. The zero-order valence-electron chi connectivity index (χ0n) is 9.73. The highest BCUT2D eigenvalue weighted by Gasteiger charge is 2.34. The minimum atomic E-state index is -4.36. The molecule has 1 aliphatic carbocycles. The molecule has 1 aromatic rings. The van der Waals surface area contributed by atoms with E-state index in [-0.39, 0.29) is 16.3 Å². The fourth-order valence-corrected chi connectivity index (χ4v) is 2.78. The van der Waals surface area contributed by atoms with E-state index in [4.69, 9.17) is 0 Å². The van der Waals surface area contributed by atoms with Crippen LogP contribution in [0, 0.1) is 0 Å². The van der Waals surface area contributed by atoms with Crippen LogP contribution in [-0.4, -0.2) is 11.0 Å². The Kier molecular flexibility index (Phi) is 4.14. The van der Waals surface area contributed by atoms with E-state index in [0.29, 0.717) is 0 Å². The summed E-state index contributed by atoms with van der Waals surface area (Å²) in [5.74, 6) is 0.289. The standard InChI is InChI=1S/C12H14BrF3N2/c13-10-9(12(14,15)16)6-7-17-11(10)18-8-4-2-1-3-5-8/h6-8H,1-5H2,(H,17,18). The first kappa shape index (κ1) is 13.6. The predicted octanol–water partition coefficient (Wildman–Crippen LogP) is 4.61. The molecule has 0 unspecified atom stereocenters. The van der Waals surface area contributed by atoms with E-state index in [9.17, 15) is 13.2 Å². The highest BCUT2D eigenvalue weighted by Crippen LogP contribution is 2.38. The molecule has 6 heteroatoms. The molecule has 1 aliphatic rings. The number of anilines is 1. The topological polar surface area (TPSA) is 24.9 Å². The van der Waals surface area contributed by atoms with Crippen molar-refractivity contribution in [2.45, 2.75) is 44.3 Å². The van der Waals surface area contributed by atoms with Crippen molar-refractivity contribution in [3.63, 3.8) is 0 Å². The van der Waals surface area contributed by atoms with Crippen molar-refractivity contribution in [3.8, 4) is 0 Å². The Morgan fingerprint density at radius 2 is 1.89 bits per heavy atom. The molecule has 0 aliphatic heterocycles. The predicted molar refractivity (Wildman–Crippen MR) is 67.4 cm³/mol. The molecule has 18 heavy (non-hydrogen) atoms. The van der Waals surface area contributed by atoms with Crippen molar-refractivity contribution in [2.75, 3.05) is 5.32 Å². The maximum absolute atomic E-state index is 12.7. The number of rotatable bonds is 2. The minimum absolute atomic E-state index is 0.00285.